The normalized spacial score (nSPS) is 18.3. The third kappa shape index (κ3) is 4.35. The summed E-state index contributed by atoms with van der Waals surface area (Å²) in [6.07, 6.45) is 3.94. The second-order valence-corrected chi connectivity index (χ2v) is 6.16. The molecule has 1 amide bonds. The average Bonchev–Trinajstić information content (AvgIpc) is 2.93. The van der Waals surface area contributed by atoms with Crippen molar-refractivity contribution in [2.45, 2.75) is 57.7 Å². The van der Waals surface area contributed by atoms with E-state index in [1.807, 2.05) is 6.92 Å². The summed E-state index contributed by atoms with van der Waals surface area (Å²) in [6, 6.07) is 5.37. The van der Waals surface area contributed by atoms with Gasteiger partial charge in [0.2, 0.25) is 0 Å². The Balaban J connectivity index is 2.01. The molecule has 3 N–H and O–H groups in total. The maximum absolute atomic E-state index is 12.2. The summed E-state index contributed by atoms with van der Waals surface area (Å²) in [4.78, 5) is 12.2. The Morgan fingerprint density at radius 3 is 2.67 bits per heavy atom. The Morgan fingerprint density at radius 2 is 2.05 bits per heavy atom. The molecule has 0 bridgehead atoms. The van der Waals surface area contributed by atoms with Gasteiger partial charge in [0.15, 0.2) is 6.10 Å². The summed E-state index contributed by atoms with van der Waals surface area (Å²) in [7, 11) is 0. The van der Waals surface area contributed by atoms with Crippen molar-refractivity contribution >= 4 is 17.5 Å². The van der Waals surface area contributed by atoms with E-state index in [2.05, 4.69) is 5.32 Å². The van der Waals surface area contributed by atoms with E-state index < -0.39 is 6.10 Å². The summed E-state index contributed by atoms with van der Waals surface area (Å²) in [5.41, 5.74) is 6.74. The molecule has 0 radical (unpaired) electrons. The molecule has 116 valence electrons. The van der Waals surface area contributed by atoms with Gasteiger partial charge < -0.3 is 15.8 Å². The number of carbonyl (C=O) groups is 1. The van der Waals surface area contributed by atoms with Crippen molar-refractivity contribution in [3.8, 4) is 5.75 Å². The lowest BCUT2D eigenvalue weighted by atomic mass is 10.1. The van der Waals surface area contributed by atoms with Crippen LogP contribution in [0.1, 0.15) is 51.1 Å². The van der Waals surface area contributed by atoms with E-state index >= 15 is 0 Å². The van der Waals surface area contributed by atoms with Crippen molar-refractivity contribution < 1.29 is 9.53 Å². The molecule has 2 atom stereocenters. The Kier molecular flexibility index (Phi) is 5.48. The predicted molar refractivity (Wildman–Crippen MR) is 84.5 cm³/mol. The largest absolute Gasteiger partial charge is 0.481 e. The van der Waals surface area contributed by atoms with Gasteiger partial charge in [0.05, 0.1) is 0 Å². The molecule has 1 unspecified atom stereocenters. The molecule has 4 nitrogen and oxygen atoms in total. The number of nitrogens with two attached hydrogens (primary N) is 1. The van der Waals surface area contributed by atoms with Gasteiger partial charge in [-0.3, -0.25) is 4.79 Å². The first-order valence-electron chi connectivity index (χ1n) is 7.49. The zero-order valence-corrected chi connectivity index (χ0v) is 13.3. The van der Waals surface area contributed by atoms with Crippen molar-refractivity contribution in [3.05, 3.63) is 28.8 Å². The highest BCUT2D eigenvalue weighted by Crippen LogP contribution is 2.28. The lowest BCUT2D eigenvalue weighted by Crippen LogP contribution is -2.41. The first-order valence-corrected chi connectivity index (χ1v) is 7.87. The van der Waals surface area contributed by atoms with Crippen LogP contribution in [0.3, 0.4) is 0 Å². The molecule has 1 fully saturated rings. The quantitative estimate of drug-likeness (QED) is 0.878. The Morgan fingerprint density at radius 1 is 1.38 bits per heavy atom. The minimum absolute atomic E-state index is 0.0764. The SMILES string of the molecule is CC(Oc1ccc(Cl)cc1[C@@H](C)N)C(=O)NC1CCCC1. The monoisotopic (exact) mass is 310 g/mol. The highest BCUT2D eigenvalue weighted by molar-refractivity contribution is 6.30. The van der Waals surface area contributed by atoms with Gasteiger partial charge in [-0.1, -0.05) is 24.4 Å². The number of carbonyl (C=O) groups excluding carboxylic acids is 1. The predicted octanol–water partition coefficient (Wildman–Crippen LogP) is 3.19. The van der Waals surface area contributed by atoms with Crippen LogP contribution in [0.25, 0.3) is 0 Å². The number of rotatable bonds is 5. The van der Waals surface area contributed by atoms with Gasteiger partial charge in [-0.25, -0.2) is 0 Å². The number of hydrogen-bond donors (Lipinski definition) is 2. The second-order valence-electron chi connectivity index (χ2n) is 5.72. The molecule has 1 aliphatic carbocycles. The fraction of sp³-hybridized carbons (Fsp3) is 0.562. The van der Waals surface area contributed by atoms with E-state index in [-0.39, 0.29) is 11.9 Å². The van der Waals surface area contributed by atoms with Crippen molar-refractivity contribution in [2.75, 3.05) is 0 Å². The van der Waals surface area contributed by atoms with Crippen molar-refractivity contribution in [1.29, 1.82) is 0 Å². The highest BCUT2D eigenvalue weighted by Gasteiger charge is 2.22. The van der Waals surface area contributed by atoms with Gasteiger partial charge in [0, 0.05) is 22.7 Å². The summed E-state index contributed by atoms with van der Waals surface area (Å²) in [6.45, 7) is 3.62. The molecule has 1 aromatic rings. The average molecular weight is 311 g/mol. The minimum Gasteiger partial charge on any atom is -0.481 e. The maximum atomic E-state index is 12.2. The molecule has 0 aromatic heterocycles. The van der Waals surface area contributed by atoms with Crippen LogP contribution in [-0.4, -0.2) is 18.1 Å². The number of amides is 1. The molecule has 0 spiro atoms. The van der Waals surface area contributed by atoms with Crippen LogP contribution in [-0.2, 0) is 4.79 Å². The Hall–Kier alpha value is -1.26. The first-order chi connectivity index (χ1) is 9.97. The van der Waals surface area contributed by atoms with Crippen LogP contribution in [0.4, 0.5) is 0 Å². The number of nitrogens with one attached hydrogen (secondary N) is 1. The van der Waals surface area contributed by atoms with Gasteiger partial charge in [0.1, 0.15) is 5.75 Å². The molecule has 0 aliphatic heterocycles. The van der Waals surface area contributed by atoms with Gasteiger partial charge in [-0.05, 0) is 44.9 Å². The van der Waals surface area contributed by atoms with Crippen LogP contribution in [0, 0.1) is 0 Å². The standard InChI is InChI=1S/C16H23ClN2O2/c1-10(18)14-9-12(17)7-8-15(14)21-11(2)16(20)19-13-5-3-4-6-13/h7-11,13H,3-6,18H2,1-2H3,(H,19,20)/t10-,11?/m1/s1. The van der Waals surface area contributed by atoms with Gasteiger partial charge >= 0.3 is 0 Å². The lowest BCUT2D eigenvalue weighted by molar-refractivity contribution is -0.128. The van der Waals surface area contributed by atoms with Crippen molar-refractivity contribution in [3.63, 3.8) is 0 Å². The number of hydrogen-bond acceptors (Lipinski definition) is 3. The van der Waals surface area contributed by atoms with E-state index in [1.54, 1.807) is 25.1 Å². The van der Waals surface area contributed by atoms with Crippen LogP contribution in [0.2, 0.25) is 5.02 Å². The van der Waals surface area contributed by atoms with E-state index in [9.17, 15) is 4.79 Å². The Bertz CT molecular complexity index is 499. The molecule has 1 aliphatic rings. The molecule has 0 heterocycles. The van der Waals surface area contributed by atoms with Crippen molar-refractivity contribution in [2.24, 2.45) is 5.73 Å². The van der Waals surface area contributed by atoms with E-state index in [1.165, 1.54) is 12.8 Å². The fourth-order valence-electron chi connectivity index (χ4n) is 2.62. The maximum Gasteiger partial charge on any atom is 0.260 e. The third-order valence-electron chi connectivity index (χ3n) is 3.84. The summed E-state index contributed by atoms with van der Waals surface area (Å²) in [5.74, 6) is 0.538. The van der Waals surface area contributed by atoms with Gasteiger partial charge in [-0.2, -0.15) is 0 Å². The van der Waals surface area contributed by atoms with Crippen LogP contribution >= 0.6 is 11.6 Å². The van der Waals surface area contributed by atoms with Crippen LogP contribution < -0.4 is 15.8 Å². The molecule has 2 rings (SSSR count). The molecule has 1 aromatic carbocycles. The van der Waals surface area contributed by atoms with Crippen molar-refractivity contribution in [1.82, 2.24) is 5.32 Å². The second kappa shape index (κ2) is 7.14. The lowest BCUT2D eigenvalue weighted by Gasteiger charge is -2.20. The van der Waals surface area contributed by atoms with Gasteiger partial charge in [-0.15, -0.1) is 0 Å². The summed E-state index contributed by atoms with van der Waals surface area (Å²) < 4.78 is 5.78. The topological polar surface area (TPSA) is 64.3 Å². The van der Waals surface area contributed by atoms with E-state index in [0.717, 1.165) is 18.4 Å². The fourth-order valence-corrected chi connectivity index (χ4v) is 2.80. The first kappa shape index (κ1) is 16.1. The minimum atomic E-state index is -0.552. The molecule has 21 heavy (non-hydrogen) atoms. The highest BCUT2D eigenvalue weighted by atomic mass is 35.5. The molecular weight excluding hydrogens is 288 g/mol. The summed E-state index contributed by atoms with van der Waals surface area (Å²) >= 11 is 5.98. The molecule has 0 saturated heterocycles. The van der Waals surface area contributed by atoms with Crippen LogP contribution in [0.15, 0.2) is 18.2 Å². The third-order valence-corrected chi connectivity index (χ3v) is 4.07. The van der Waals surface area contributed by atoms with Gasteiger partial charge in [0.25, 0.3) is 5.91 Å². The number of halogens is 1. The molecule has 5 heteroatoms. The summed E-state index contributed by atoms with van der Waals surface area (Å²) in [5, 5.41) is 3.65. The number of ether oxygens (including phenoxy) is 1. The zero-order valence-electron chi connectivity index (χ0n) is 12.6. The molecular formula is C16H23ClN2O2. The zero-order chi connectivity index (χ0) is 15.4. The smallest absolute Gasteiger partial charge is 0.260 e. The van der Waals surface area contributed by atoms with E-state index in [0.29, 0.717) is 16.8 Å². The van der Waals surface area contributed by atoms with E-state index in [4.69, 9.17) is 22.1 Å². The van der Waals surface area contributed by atoms with Crippen LogP contribution in [0.5, 0.6) is 5.75 Å². The number of benzene rings is 1. The molecule has 1 saturated carbocycles. The Labute approximate surface area is 131 Å².